The van der Waals surface area contributed by atoms with E-state index in [4.69, 9.17) is 9.15 Å². The SMILES string of the molecule is COc1ccccc1-c1nnc(NC(=O)/C=C\c2ccc([N+](=O)[O-])cc2)o1. The van der Waals surface area contributed by atoms with Crippen molar-refractivity contribution >= 4 is 23.7 Å². The van der Waals surface area contributed by atoms with Gasteiger partial charge in [0.05, 0.1) is 17.6 Å². The van der Waals surface area contributed by atoms with Gasteiger partial charge in [-0.05, 0) is 35.9 Å². The number of hydrogen-bond donors (Lipinski definition) is 1. The number of nitro groups is 1. The summed E-state index contributed by atoms with van der Waals surface area (Å²) >= 11 is 0. The molecule has 0 fully saturated rings. The molecule has 1 amide bonds. The van der Waals surface area contributed by atoms with Crippen molar-refractivity contribution in [2.75, 3.05) is 12.4 Å². The van der Waals surface area contributed by atoms with Gasteiger partial charge in [-0.25, -0.2) is 0 Å². The lowest BCUT2D eigenvalue weighted by Gasteiger charge is -2.03. The van der Waals surface area contributed by atoms with E-state index in [0.29, 0.717) is 16.9 Å². The first-order chi connectivity index (χ1) is 13.1. The second kappa shape index (κ2) is 7.91. The molecule has 27 heavy (non-hydrogen) atoms. The highest BCUT2D eigenvalue weighted by Gasteiger charge is 2.13. The Hall–Kier alpha value is -4.01. The molecule has 0 unspecified atom stereocenters. The minimum Gasteiger partial charge on any atom is -0.496 e. The van der Waals surface area contributed by atoms with Crippen molar-refractivity contribution < 1.29 is 18.9 Å². The molecular weight excluding hydrogens is 352 g/mol. The molecule has 0 atom stereocenters. The molecule has 0 aliphatic heterocycles. The zero-order valence-corrected chi connectivity index (χ0v) is 14.2. The van der Waals surface area contributed by atoms with Crippen molar-refractivity contribution in [3.63, 3.8) is 0 Å². The number of rotatable bonds is 6. The Morgan fingerprint density at radius 1 is 1.19 bits per heavy atom. The van der Waals surface area contributed by atoms with Crippen LogP contribution in [0.5, 0.6) is 5.75 Å². The van der Waals surface area contributed by atoms with E-state index in [2.05, 4.69) is 15.5 Å². The Bertz CT molecular complexity index is 995. The van der Waals surface area contributed by atoms with Crippen LogP contribution in [0.4, 0.5) is 11.7 Å². The van der Waals surface area contributed by atoms with Gasteiger partial charge in [-0.2, -0.15) is 0 Å². The maximum atomic E-state index is 12.0. The first kappa shape index (κ1) is 17.8. The van der Waals surface area contributed by atoms with Crippen LogP contribution in [0, 0.1) is 10.1 Å². The average Bonchev–Trinajstić information content (AvgIpc) is 3.14. The molecule has 0 aliphatic carbocycles. The van der Waals surface area contributed by atoms with Gasteiger partial charge in [0.1, 0.15) is 5.75 Å². The van der Waals surface area contributed by atoms with Crippen molar-refractivity contribution in [1.29, 1.82) is 0 Å². The number of carbonyl (C=O) groups excluding carboxylic acids is 1. The highest BCUT2D eigenvalue weighted by atomic mass is 16.6. The predicted octanol–water partition coefficient (Wildman–Crippen LogP) is 3.31. The van der Waals surface area contributed by atoms with E-state index < -0.39 is 10.8 Å². The second-order valence-electron chi connectivity index (χ2n) is 5.28. The lowest BCUT2D eigenvalue weighted by atomic mass is 10.2. The number of amides is 1. The number of benzene rings is 2. The van der Waals surface area contributed by atoms with E-state index in [9.17, 15) is 14.9 Å². The standard InChI is InChI=1S/C18H14N4O5/c1-26-15-5-3-2-4-14(15)17-20-21-18(27-17)19-16(23)11-8-12-6-9-13(10-7-12)22(24)25/h2-11H,1H3,(H,19,21,23)/b11-8-. The van der Waals surface area contributed by atoms with Gasteiger partial charge >= 0.3 is 6.01 Å². The van der Waals surface area contributed by atoms with Crippen molar-refractivity contribution in [2.45, 2.75) is 0 Å². The number of methoxy groups -OCH3 is 1. The zero-order chi connectivity index (χ0) is 19.2. The Balaban J connectivity index is 1.66. The van der Waals surface area contributed by atoms with E-state index in [1.54, 1.807) is 18.2 Å². The van der Waals surface area contributed by atoms with Crippen molar-refractivity contribution in [3.8, 4) is 17.2 Å². The van der Waals surface area contributed by atoms with Crippen molar-refractivity contribution in [3.05, 3.63) is 70.3 Å². The highest BCUT2D eigenvalue weighted by Crippen LogP contribution is 2.29. The third kappa shape index (κ3) is 4.34. The highest BCUT2D eigenvalue weighted by molar-refractivity contribution is 6.00. The molecule has 3 rings (SSSR count). The molecule has 0 radical (unpaired) electrons. The van der Waals surface area contributed by atoms with Crippen LogP contribution in [-0.2, 0) is 4.79 Å². The number of ether oxygens (including phenoxy) is 1. The summed E-state index contributed by atoms with van der Waals surface area (Å²) in [4.78, 5) is 22.1. The lowest BCUT2D eigenvalue weighted by Crippen LogP contribution is -2.07. The van der Waals surface area contributed by atoms with Gasteiger partial charge in [-0.1, -0.05) is 17.2 Å². The Morgan fingerprint density at radius 3 is 2.63 bits per heavy atom. The monoisotopic (exact) mass is 366 g/mol. The summed E-state index contributed by atoms with van der Waals surface area (Å²) in [6.45, 7) is 0. The molecule has 1 aromatic heterocycles. The maximum Gasteiger partial charge on any atom is 0.322 e. The normalized spacial score (nSPS) is 10.7. The summed E-state index contributed by atoms with van der Waals surface area (Å²) in [7, 11) is 1.53. The quantitative estimate of drug-likeness (QED) is 0.403. The second-order valence-corrected chi connectivity index (χ2v) is 5.28. The molecule has 136 valence electrons. The summed E-state index contributed by atoms with van der Waals surface area (Å²) in [5, 5.41) is 20.7. The fourth-order valence-corrected chi connectivity index (χ4v) is 2.23. The third-order valence-electron chi connectivity index (χ3n) is 3.52. The fraction of sp³-hybridized carbons (Fsp3) is 0.0556. The number of anilines is 1. The number of aromatic nitrogens is 2. The Morgan fingerprint density at radius 2 is 1.93 bits per heavy atom. The number of non-ortho nitro benzene ring substituents is 1. The minimum absolute atomic E-state index is 0.0219. The summed E-state index contributed by atoms with van der Waals surface area (Å²) in [6.07, 6.45) is 2.77. The molecule has 1 N–H and O–H groups in total. The lowest BCUT2D eigenvalue weighted by molar-refractivity contribution is -0.384. The van der Waals surface area contributed by atoms with Crippen LogP contribution < -0.4 is 10.1 Å². The molecule has 9 heteroatoms. The Labute approximate surface area is 153 Å². The molecule has 3 aromatic rings. The average molecular weight is 366 g/mol. The van der Waals surface area contributed by atoms with Crippen LogP contribution >= 0.6 is 0 Å². The molecule has 0 bridgehead atoms. The van der Waals surface area contributed by atoms with Gasteiger partial charge in [-0.15, -0.1) is 5.10 Å². The topological polar surface area (TPSA) is 120 Å². The van der Waals surface area contributed by atoms with Crippen LogP contribution in [0.15, 0.2) is 59.0 Å². The van der Waals surface area contributed by atoms with Crippen molar-refractivity contribution in [1.82, 2.24) is 10.2 Å². The molecule has 0 spiro atoms. The largest absolute Gasteiger partial charge is 0.496 e. The van der Waals surface area contributed by atoms with Crippen LogP contribution in [0.2, 0.25) is 0 Å². The van der Waals surface area contributed by atoms with Gasteiger partial charge < -0.3 is 9.15 Å². The molecular formula is C18H14N4O5. The molecule has 9 nitrogen and oxygen atoms in total. The molecule has 1 heterocycles. The van der Waals surface area contributed by atoms with Crippen LogP contribution in [-0.4, -0.2) is 28.1 Å². The van der Waals surface area contributed by atoms with E-state index >= 15 is 0 Å². The number of para-hydroxylation sites is 1. The van der Waals surface area contributed by atoms with Crippen LogP contribution in [0.25, 0.3) is 17.5 Å². The van der Waals surface area contributed by atoms with E-state index in [1.165, 1.54) is 43.5 Å². The smallest absolute Gasteiger partial charge is 0.322 e. The molecule has 2 aromatic carbocycles. The zero-order valence-electron chi connectivity index (χ0n) is 14.2. The predicted molar refractivity (Wildman–Crippen MR) is 97.0 cm³/mol. The van der Waals surface area contributed by atoms with Crippen molar-refractivity contribution in [2.24, 2.45) is 0 Å². The van der Waals surface area contributed by atoms with Gasteiger partial charge in [0, 0.05) is 18.2 Å². The summed E-state index contributed by atoms with van der Waals surface area (Å²) < 4.78 is 10.7. The Kier molecular flexibility index (Phi) is 5.22. The summed E-state index contributed by atoms with van der Waals surface area (Å²) in [5.74, 6) is 0.294. The van der Waals surface area contributed by atoms with Gasteiger partial charge in [-0.3, -0.25) is 20.2 Å². The minimum atomic E-state index is -0.491. The summed E-state index contributed by atoms with van der Waals surface area (Å²) in [6, 6.07) is 12.8. The number of carbonyl (C=O) groups is 1. The third-order valence-corrected chi connectivity index (χ3v) is 3.52. The van der Waals surface area contributed by atoms with E-state index in [0.717, 1.165) is 0 Å². The van der Waals surface area contributed by atoms with Gasteiger partial charge in [0.2, 0.25) is 0 Å². The fourth-order valence-electron chi connectivity index (χ4n) is 2.23. The summed E-state index contributed by atoms with van der Waals surface area (Å²) in [5.41, 5.74) is 1.22. The number of nitrogens with one attached hydrogen (secondary N) is 1. The number of hydrogen-bond acceptors (Lipinski definition) is 7. The number of nitro benzene ring substituents is 1. The first-order valence-corrected chi connectivity index (χ1v) is 7.77. The van der Waals surface area contributed by atoms with Gasteiger partial charge in [0.25, 0.3) is 17.5 Å². The molecule has 0 saturated heterocycles. The van der Waals surface area contributed by atoms with Gasteiger partial charge in [0.15, 0.2) is 0 Å². The van der Waals surface area contributed by atoms with Crippen LogP contribution in [0.3, 0.4) is 0 Å². The molecule has 0 aliphatic rings. The van der Waals surface area contributed by atoms with Crippen LogP contribution in [0.1, 0.15) is 5.56 Å². The number of nitrogens with zero attached hydrogens (tertiary/aromatic N) is 3. The van der Waals surface area contributed by atoms with E-state index in [-0.39, 0.29) is 17.6 Å². The van der Waals surface area contributed by atoms with E-state index in [1.807, 2.05) is 6.07 Å². The molecule has 0 saturated carbocycles. The first-order valence-electron chi connectivity index (χ1n) is 7.77. The maximum absolute atomic E-state index is 12.0.